The third-order valence-corrected chi connectivity index (χ3v) is 8.65. The van der Waals surface area contributed by atoms with Gasteiger partial charge in [-0.15, -0.1) is 0 Å². The minimum absolute atomic E-state index is 0.0350. The van der Waals surface area contributed by atoms with Crippen LogP contribution in [0.1, 0.15) is 120 Å². The summed E-state index contributed by atoms with van der Waals surface area (Å²) in [5.41, 5.74) is 5.96. The molecule has 0 aliphatic carbocycles. The first-order chi connectivity index (χ1) is 23.3. The molecule has 0 aliphatic heterocycles. The number of carbonyl (C=O) groups excluding carboxylic acids is 1. The molecule has 0 unspecified atom stereocenters. The fraction of sp³-hybridized carbons (Fsp3) is 0.512. The van der Waals surface area contributed by atoms with Gasteiger partial charge in [0.05, 0.1) is 11.0 Å². The minimum atomic E-state index is -0.965. The number of para-hydroxylation sites is 2. The molecule has 1 N–H and O–H groups in total. The summed E-state index contributed by atoms with van der Waals surface area (Å²) < 4.78 is 11.4. The maximum Gasteiger partial charge on any atom is 0.341 e. The first-order valence-electron chi connectivity index (χ1n) is 18.0. The van der Waals surface area contributed by atoms with Gasteiger partial charge >= 0.3 is 5.97 Å². The number of ether oxygens (including phenoxy) is 2. The smallest absolute Gasteiger partial charge is 0.341 e. The summed E-state index contributed by atoms with van der Waals surface area (Å²) in [7, 11) is 0. The van der Waals surface area contributed by atoms with E-state index in [1.165, 1.54) is 64.2 Å². The van der Waals surface area contributed by atoms with Crippen molar-refractivity contribution in [2.75, 3.05) is 13.2 Å². The summed E-state index contributed by atoms with van der Waals surface area (Å²) in [6.45, 7) is 9.84. The topological polar surface area (TPSA) is 98.6 Å². The van der Waals surface area contributed by atoms with Crippen LogP contribution in [0.2, 0.25) is 0 Å². The van der Waals surface area contributed by atoms with Gasteiger partial charge in [-0.3, -0.25) is 14.8 Å². The molecule has 4 aromatic rings. The van der Waals surface area contributed by atoms with Crippen molar-refractivity contribution in [3.05, 3.63) is 71.0 Å². The number of Topliss-reactive ketones (excluding diaryl/α,β-unsaturated/α-hetero) is 1. The number of carboxylic acid groups (broad SMARTS) is 1. The largest absolute Gasteiger partial charge is 0.485 e. The normalized spacial score (nSPS) is 10.9. The van der Waals surface area contributed by atoms with Gasteiger partial charge in [-0.2, -0.15) is 0 Å². The number of rotatable bonds is 20. The number of aryl methyl sites for hydroxylation is 2. The van der Waals surface area contributed by atoms with Crippen LogP contribution in [0.4, 0.5) is 0 Å². The lowest BCUT2D eigenvalue weighted by Crippen LogP contribution is -2.11. The Morgan fingerprint density at radius 2 is 1.00 bits per heavy atom. The fourth-order valence-corrected chi connectivity index (χ4v) is 5.96. The molecule has 0 radical (unpaired) electrons. The number of aromatic nitrogens is 2. The molecule has 0 fully saturated rings. The SMILES string of the molecule is CCCCCCCCc1nc2ccccc2c(OCC(=O)O)c1C.CCCCCCCCc1nc2ccccc2c(OCC(C)=O)c1C. The first-order valence-corrected chi connectivity index (χ1v) is 18.0. The van der Waals surface area contributed by atoms with E-state index in [0.717, 1.165) is 75.8 Å². The number of aliphatic carboxylic acids is 1. The molecule has 4 rings (SSSR count). The Bertz CT molecular complexity index is 1480. The Kier molecular flexibility index (Phi) is 16.9. The molecule has 2 heterocycles. The molecule has 0 spiro atoms. The summed E-state index contributed by atoms with van der Waals surface area (Å²) in [6.07, 6.45) is 17.0. The van der Waals surface area contributed by atoms with Crippen LogP contribution in [0.25, 0.3) is 21.8 Å². The molecular weight excluding hydrogens is 600 g/mol. The van der Waals surface area contributed by atoms with Crippen molar-refractivity contribution in [2.24, 2.45) is 0 Å². The summed E-state index contributed by atoms with van der Waals surface area (Å²) in [5, 5.41) is 10.8. The molecule has 2 aromatic heterocycles. The van der Waals surface area contributed by atoms with Gasteiger partial charge in [0.15, 0.2) is 12.4 Å². The molecule has 0 saturated heterocycles. The van der Waals surface area contributed by atoms with Crippen molar-refractivity contribution in [3.63, 3.8) is 0 Å². The standard InChI is InChI=1S/C21H29NO2.C20H27NO3/c1-4-5-6-7-8-9-13-19-17(3)21(24-15-16(2)23)18-12-10-11-14-20(18)22-19;1-3-4-5-6-7-8-12-17-15(2)20(24-14-19(22)23)16-11-9-10-13-18(16)21-17/h10-12,14H,4-9,13,15H2,1-3H3;9-11,13H,3-8,12,14H2,1-2H3,(H,22,23). The van der Waals surface area contributed by atoms with Crippen molar-refractivity contribution < 1.29 is 24.2 Å². The second kappa shape index (κ2) is 21.1. The van der Waals surface area contributed by atoms with Gasteiger partial charge in [0.25, 0.3) is 0 Å². The number of fused-ring (bicyclic) bond motifs is 2. The molecule has 2 aromatic carbocycles. The average molecular weight is 657 g/mol. The van der Waals surface area contributed by atoms with E-state index in [9.17, 15) is 9.59 Å². The molecule has 0 atom stereocenters. The Hall–Kier alpha value is -4.00. The van der Waals surface area contributed by atoms with Crippen molar-refractivity contribution in [1.82, 2.24) is 9.97 Å². The van der Waals surface area contributed by atoms with Crippen LogP contribution in [0.5, 0.6) is 11.5 Å². The highest BCUT2D eigenvalue weighted by Crippen LogP contribution is 2.32. The van der Waals surface area contributed by atoms with Gasteiger partial charge in [0.1, 0.15) is 18.1 Å². The number of hydrogen-bond acceptors (Lipinski definition) is 6. The van der Waals surface area contributed by atoms with Crippen LogP contribution >= 0.6 is 0 Å². The van der Waals surface area contributed by atoms with Gasteiger partial charge in [0.2, 0.25) is 0 Å². The Morgan fingerprint density at radius 1 is 0.604 bits per heavy atom. The first kappa shape index (κ1) is 38.4. The summed E-state index contributed by atoms with van der Waals surface area (Å²) in [6, 6.07) is 15.8. The van der Waals surface area contributed by atoms with E-state index in [-0.39, 0.29) is 19.0 Å². The number of hydrogen-bond donors (Lipinski definition) is 1. The lowest BCUT2D eigenvalue weighted by atomic mass is 10.0. The van der Waals surface area contributed by atoms with E-state index in [1.54, 1.807) is 6.92 Å². The molecule has 0 saturated carbocycles. The van der Waals surface area contributed by atoms with E-state index >= 15 is 0 Å². The maximum absolute atomic E-state index is 11.3. The van der Waals surface area contributed by atoms with Gasteiger partial charge in [0, 0.05) is 33.3 Å². The number of nitrogens with zero attached hydrogens (tertiary/aromatic N) is 2. The molecular formula is C41H56N2O5. The van der Waals surface area contributed by atoms with E-state index in [1.807, 2.05) is 55.5 Å². The van der Waals surface area contributed by atoms with Crippen molar-refractivity contribution in [3.8, 4) is 11.5 Å². The fourth-order valence-electron chi connectivity index (χ4n) is 5.96. The highest BCUT2D eigenvalue weighted by atomic mass is 16.5. The van der Waals surface area contributed by atoms with Gasteiger partial charge in [-0.05, 0) is 70.7 Å². The van der Waals surface area contributed by atoms with Crippen LogP contribution in [0, 0.1) is 13.8 Å². The molecule has 0 aliphatic rings. The molecule has 7 heteroatoms. The maximum atomic E-state index is 11.3. The number of carbonyl (C=O) groups is 2. The highest BCUT2D eigenvalue weighted by molar-refractivity contribution is 5.88. The Balaban J connectivity index is 0.000000260. The monoisotopic (exact) mass is 656 g/mol. The summed E-state index contributed by atoms with van der Waals surface area (Å²) in [4.78, 5) is 31.8. The lowest BCUT2D eigenvalue weighted by Gasteiger charge is -2.15. The van der Waals surface area contributed by atoms with E-state index in [2.05, 4.69) is 20.8 Å². The lowest BCUT2D eigenvalue weighted by molar-refractivity contribution is -0.139. The zero-order chi connectivity index (χ0) is 34.7. The molecule has 7 nitrogen and oxygen atoms in total. The van der Waals surface area contributed by atoms with Crippen LogP contribution in [0.3, 0.4) is 0 Å². The second-order valence-electron chi connectivity index (χ2n) is 12.8. The zero-order valence-corrected chi connectivity index (χ0v) is 29.9. The van der Waals surface area contributed by atoms with Crippen LogP contribution in [-0.2, 0) is 22.4 Å². The Morgan fingerprint density at radius 3 is 1.42 bits per heavy atom. The second-order valence-corrected chi connectivity index (χ2v) is 12.8. The molecule has 48 heavy (non-hydrogen) atoms. The Labute approximate surface area is 287 Å². The van der Waals surface area contributed by atoms with E-state index < -0.39 is 5.97 Å². The molecule has 0 bridgehead atoms. The number of unbranched alkanes of at least 4 members (excludes halogenated alkanes) is 10. The van der Waals surface area contributed by atoms with Crippen LogP contribution < -0.4 is 9.47 Å². The molecule has 0 amide bonds. The van der Waals surface area contributed by atoms with Crippen LogP contribution in [0.15, 0.2) is 48.5 Å². The summed E-state index contributed by atoms with van der Waals surface area (Å²) >= 11 is 0. The number of benzene rings is 2. The van der Waals surface area contributed by atoms with E-state index in [4.69, 9.17) is 24.5 Å². The predicted molar refractivity (Wildman–Crippen MR) is 196 cm³/mol. The zero-order valence-electron chi connectivity index (χ0n) is 29.9. The predicted octanol–water partition coefficient (Wildman–Crippen LogP) is 10.3. The number of carboxylic acids is 1. The van der Waals surface area contributed by atoms with Gasteiger partial charge < -0.3 is 14.6 Å². The number of pyridine rings is 2. The summed E-state index contributed by atoms with van der Waals surface area (Å²) in [5.74, 6) is 0.543. The quantitative estimate of drug-likeness (QED) is 0.0945. The van der Waals surface area contributed by atoms with Crippen LogP contribution in [-0.4, -0.2) is 40.0 Å². The van der Waals surface area contributed by atoms with Crippen molar-refractivity contribution >= 4 is 33.6 Å². The average Bonchev–Trinajstić information content (AvgIpc) is 3.07. The third-order valence-electron chi connectivity index (χ3n) is 8.65. The van der Waals surface area contributed by atoms with Gasteiger partial charge in [-0.1, -0.05) is 102 Å². The van der Waals surface area contributed by atoms with Crippen molar-refractivity contribution in [1.29, 1.82) is 0 Å². The van der Waals surface area contributed by atoms with Gasteiger partial charge in [-0.25, -0.2) is 4.79 Å². The number of ketones is 1. The third kappa shape index (κ3) is 12.2. The minimum Gasteiger partial charge on any atom is -0.485 e. The van der Waals surface area contributed by atoms with Crippen molar-refractivity contribution in [2.45, 2.75) is 125 Å². The molecule has 260 valence electrons. The van der Waals surface area contributed by atoms with E-state index in [0.29, 0.717) is 5.75 Å². The highest BCUT2D eigenvalue weighted by Gasteiger charge is 2.15.